The quantitative estimate of drug-likeness (QED) is 0.602. The van der Waals surface area contributed by atoms with Gasteiger partial charge in [0.2, 0.25) is 15.9 Å². The van der Waals surface area contributed by atoms with E-state index in [2.05, 4.69) is 22.4 Å². The summed E-state index contributed by atoms with van der Waals surface area (Å²) in [5.41, 5.74) is 1.63. The number of aryl methyl sites for hydroxylation is 1. The maximum absolute atomic E-state index is 12.4. The minimum Gasteiger partial charge on any atom is -0.352 e. The first-order valence-corrected chi connectivity index (χ1v) is 13.3. The van der Waals surface area contributed by atoms with E-state index in [9.17, 15) is 13.2 Å². The zero-order valence-electron chi connectivity index (χ0n) is 18.5. The molecule has 170 valence electrons. The summed E-state index contributed by atoms with van der Waals surface area (Å²) in [6, 6.07) is 7.54. The number of aromatic nitrogens is 3. The molecule has 1 aromatic heterocycles. The third-order valence-electron chi connectivity index (χ3n) is 5.72. The third kappa shape index (κ3) is 6.22. The lowest BCUT2D eigenvalue weighted by molar-refractivity contribution is -0.119. The summed E-state index contributed by atoms with van der Waals surface area (Å²) in [7, 11) is -1.72. The van der Waals surface area contributed by atoms with Crippen molar-refractivity contribution in [3.05, 3.63) is 35.7 Å². The number of amides is 1. The van der Waals surface area contributed by atoms with Gasteiger partial charge in [-0.15, -0.1) is 10.2 Å². The van der Waals surface area contributed by atoms with E-state index in [0.717, 1.165) is 24.8 Å². The second-order valence-electron chi connectivity index (χ2n) is 8.29. The molecule has 0 radical (unpaired) electrons. The van der Waals surface area contributed by atoms with Gasteiger partial charge >= 0.3 is 0 Å². The molecular formula is C21H31N5O3S2. The number of rotatable bonds is 8. The number of hydrogen-bond donors (Lipinski definition) is 1. The fourth-order valence-corrected chi connectivity index (χ4v) is 5.35. The maximum atomic E-state index is 12.4. The Morgan fingerprint density at radius 3 is 2.55 bits per heavy atom. The fraction of sp³-hybridized carbons (Fsp3) is 0.571. The number of nitrogens with zero attached hydrogens (tertiary/aromatic N) is 4. The van der Waals surface area contributed by atoms with Gasteiger partial charge in [-0.3, -0.25) is 9.10 Å². The van der Waals surface area contributed by atoms with Crippen LogP contribution in [-0.4, -0.2) is 47.1 Å². The van der Waals surface area contributed by atoms with E-state index in [0.29, 0.717) is 22.6 Å². The van der Waals surface area contributed by atoms with Gasteiger partial charge in [-0.05, 0) is 37.8 Å². The SMILES string of the molecule is Cc1ccc(N(Cc2nnc(SCC(=O)N[C@H]3CCCC[C@H]3C)n2C)S(C)(=O)=O)cc1. The normalized spacial score (nSPS) is 19.2. The van der Waals surface area contributed by atoms with Crippen molar-refractivity contribution in [2.45, 2.75) is 57.3 Å². The van der Waals surface area contributed by atoms with Crippen molar-refractivity contribution in [3.63, 3.8) is 0 Å². The fourth-order valence-electron chi connectivity index (χ4n) is 3.76. The highest BCUT2D eigenvalue weighted by Crippen LogP contribution is 2.25. The molecule has 2 aromatic rings. The number of thioether (sulfide) groups is 1. The predicted molar refractivity (Wildman–Crippen MR) is 123 cm³/mol. The lowest BCUT2D eigenvalue weighted by Gasteiger charge is -2.29. The molecule has 1 amide bonds. The van der Waals surface area contributed by atoms with Gasteiger partial charge in [0.25, 0.3) is 0 Å². The van der Waals surface area contributed by atoms with Crippen LogP contribution in [0.2, 0.25) is 0 Å². The number of sulfonamides is 1. The Morgan fingerprint density at radius 2 is 1.90 bits per heavy atom. The second-order valence-corrected chi connectivity index (χ2v) is 11.1. The Bertz CT molecular complexity index is 1000. The minimum absolute atomic E-state index is 0.00859. The van der Waals surface area contributed by atoms with Crippen molar-refractivity contribution in [2.24, 2.45) is 13.0 Å². The molecule has 0 bridgehead atoms. The van der Waals surface area contributed by atoms with Crippen LogP contribution in [0.4, 0.5) is 5.69 Å². The molecule has 1 saturated carbocycles. The summed E-state index contributed by atoms with van der Waals surface area (Å²) < 4.78 is 27.8. The molecule has 1 N–H and O–H groups in total. The Kier molecular flexibility index (Phi) is 7.64. The number of carbonyl (C=O) groups excluding carboxylic acids is 1. The number of hydrogen-bond acceptors (Lipinski definition) is 6. The van der Waals surface area contributed by atoms with Crippen molar-refractivity contribution >= 4 is 33.4 Å². The molecule has 1 heterocycles. The summed E-state index contributed by atoms with van der Waals surface area (Å²) in [6.45, 7) is 4.21. The largest absolute Gasteiger partial charge is 0.352 e. The molecular weight excluding hydrogens is 434 g/mol. The Morgan fingerprint density at radius 1 is 1.23 bits per heavy atom. The predicted octanol–water partition coefficient (Wildman–Crippen LogP) is 2.88. The van der Waals surface area contributed by atoms with E-state index in [1.807, 2.05) is 19.1 Å². The number of carbonyl (C=O) groups is 1. The van der Waals surface area contributed by atoms with E-state index in [4.69, 9.17) is 0 Å². The molecule has 0 aliphatic heterocycles. The van der Waals surface area contributed by atoms with Crippen LogP contribution in [-0.2, 0) is 28.4 Å². The van der Waals surface area contributed by atoms with Crippen LogP contribution in [0.25, 0.3) is 0 Å². The van der Waals surface area contributed by atoms with Crippen molar-refractivity contribution in [3.8, 4) is 0 Å². The highest BCUT2D eigenvalue weighted by atomic mass is 32.2. The number of anilines is 1. The van der Waals surface area contributed by atoms with Gasteiger partial charge in [0.15, 0.2) is 11.0 Å². The first-order valence-electron chi connectivity index (χ1n) is 10.5. The average Bonchev–Trinajstić information content (AvgIpc) is 3.06. The van der Waals surface area contributed by atoms with Crippen LogP contribution in [0.1, 0.15) is 44.0 Å². The summed E-state index contributed by atoms with van der Waals surface area (Å²) in [5.74, 6) is 1.26. The highest BCUT2D eigenvalue weighted by molar-refractivity contribution is 7.99. The van der Waals surface area contributed by atoms with Crippen LogP contribution in [0.5, 0.6) is 0 Å². The molecule has 0 saturated heterocycles. The number of benzene rings is 1. The zero-order valence-corrected chi connectivity index (χ0v) is 20.2. The van der Waals surface area contributed by atoms with Crippen molar-refractivity contribution < 1.29 is 13.2 Å². The highest BCUT2D eigenvalue weighted by Gasteiger charge is 2.24. The summed E-state index contributed by atoms with van der Waals surface area (Å²) >= 11 is 1.31. The molecule has 0 unspecified atom stereocenters. The Hall–Kier alpha value is -2.07. The second kappa shape index (κ2) is 10.0. The van der Waals surface area contributed by atoms with Gasteiger partial charge in [0.1, 0.15) is 0 Å². The smallest absolute Gasteiger partial charge is 0.232 e. The molecule has 2 atom stereocenters. The molecule has 10 heteroatoms. The molecule has 1 aliphatic rings. The lowest BCUT2D eigenvalue weighted by Crippen LogP contribution is -2.41. The monoisotopic (exact) mass is 465 g/mol. The molecule has 0 spiro atoms. The van der Waals surface area contributed by atoms with Crippen LogP contribution >= 0.6 is 11.8 Å². The first kappa shape index (κ1) is 23.6. The molecule has 1 aromatic carbocycles. The molecule has 3 rings (SSSR count). The molecule has 1 aliphatic carbocycles. The Labute approximate surface area is 188 Å². The van der Waals surface area contributed by atoms with Gasteiger partial charge in [-0.1, -0.05) is 49.2 Å². The zero-order chi connectivity index (χ0) is 22.6. The summed E-state index contributed by atoms with van der Waals surface area (Å²) in [5, 5.41) is 12.1. The van der Waals surface area contributed by atoms with Crippen LogP contribution in [0.3, 0.4) is 0 Å². The molecule has 1 fully saturated rings. The van der Waals surface area contributed by atoms with Crippen LogP contribution < -0.4 is 9.62 Å². The molecule has 8 nitrogen and oxygen atoms in total. The first-order chi connectivity index (χ1) is 14.6. The van der Waals surface area contributed by atoms with E-state index < -0.39 is 10.0 Å². The van der Waals surface area contributed by atoms with Crippen molar-refractivity contribution in [2.75, 3.05) is 16.3 Å². The maximum Gasteiger partial charge on any atom is 0.232 e. The van der Waals surface area contributed by atoms with Gasteiger partial charge in [-0.25, -0.2) is 8.42 Å². The molecule has 31 heavy (non-hydrogen) atoms. The van der Waals surface area contributed by atoms with Crippen molar-refractivity contribution in [1.82, 2.24) is 20.1 Å². The lowest BCUT2D eigenvalue weighted by atomic mass is 9.86. The van der Waals surface area contributed by atoms with Gasteiger partial charge in [0, 0.05) is 13.1 Å². The van der Waals surface area contributed by atoms with Gasteiger partial charge in [0.05, 0.1) is 24.2 Å². The standard InChI is InChI=1S/C21H31N5O3S2/c1-15-9-11-17(12-10-15)26(31(4,28)29)13-19-23-24-21(25(19)3)30-14-20(27)22-18-8-6-5-7-16(18)2/h9-12,16,18H,5-8,13-14H2,1-4H3,(H,22,27)/t16-,18+/m1/s1. The van der Waals surface area contributed by atoms with E-state index >= 15 is 0 Å². The van der Waals surface area contributed by atoms with E-state index in [1.54, 1.807) is 23.7 Å². The van der Waals surface area contributed by atoms with Crippen molar-refractivity contribution in [1.29, 1.82) is 0 Å². The van der Waals surface area contributed by atoms with E-state index in [1.165, 1.54) is 28.7 Å². The third-order valence-corrected chi connectivity index (χ3v) is 7.88. The van der Waals surface area contributed by atoms with Crippen LogP contribution in [0.15, 0.2) is 29.4 Å². The van der Waals surface area contributed by atoms with Gasteiger partial charge in [-0.2, -0.15) is 0 Å². The summed E-state index contributed by atoms with van der Waals surface area (Å²) in [4.78, 5) is 12.4. The van der Waals surface area contributed by atoms with Gasteiger partial charge < -0.3 is 9.88 Å². The van der Waals surface area contributed by atoms with E-state index in [-0.39, 0.29) is 24.2 Å². The number of nitrogens with one attached hydrogen (secondary N) is 1. The van der Waals surface area contributed by atoms with Crippen LogP contribution in [0, 0.1) is 12.8 Å². The average molecular weight is 466 g/mol. The Balaban J connectivity index is 1.64. The topological polar surface area (TPSA) is 97.2 Å². The minimum atomic E-state index is -3.50. The summed E-state index contributed by atoms with van der Waals surface area (Å²) in [6.07, 6.45) is 5.76.